The van der Waals surface area contributed by atoms with E-state index in [9.17, 15) is 4.39 Å². The van der Waals surface area contributed by atoms with Gasteiger partial charge in [0.05, 0.1) is 0 Å². The number of nitrogen functional groups attached to an aromatic ring is 1. The van der Waals surface area contributed by atoms with E-state index < -0.39 is 0 Å². The molecule has 0 bridgehead atoms. The van der Waals surface area contributed by atoms with Gasteiger partial charge in [0.2, 0.25) is 0 Å². The molecule has 0 aliphatic carbocycles. The summed E-state index contributed by atoms with van der Waals surface area (Å²) < 4.78 is 14.4. The Kier molecular flexibility index (Phi) is 5.79. The first kappa shape index (κ1) is 23.5. The second kappa shape index (κ2) is 9.61. The minimum atomic E-state index is -0.224. The van der Waals surface area contributed by atoms with E-state index in [2.05, 4.69) is 78.9 Å². The SMILES string of the molecule is Nc1cccc(-c2ccccc2-c2ccc3c4cc(F)ccc4c4ccccc4c3c2)c1Sc1ccccc1. The fourth-order valence-corrected chi connectivity index (χ4v) is 6.56. The third kappa shape index (κ3) is 4.12. The molecule has 0 spiro atoms. The summed E-state index contributed by atoms with van der Waals surface area (Å²) in [5.74, 6) is -0.224. The van der Waals surface area contributed by atoms with Crippen molar-refractivity contribution in [3.63, 3.8) is 0 Å². The van der Waals surface area contributed by atoms with Crippen LogP contribution >= 0.6 is 11.8 Å². The fraction of sp³-hybridized carbons (Fsp3) is 0. The molecule has 0 radical (unpaired) electrons. The van der Waals surface area contributed by atoms with Crippen molar-refractivity contribution >= 4 is 49.8 Å². The van der Waals surface area contributed by atoms with Crippen molar-refractivity contribution in [2.24, 2.45) is 0 Å². The van der Waals surface area contributed by atoms with Gasteiger partial charge in [-0.05, 0) is 91.0 Å². The smallest absolute Gasteiger partial charge is 0.123 e. The maximum atomic E-state index is 14.4. The first-order valence-corrected chi connectivity index (χ1v) is 13.7. The second-order valence-electron chi connectivity index (χ2n) is 9.68. The molecule has 0 aromatic heterocycles. The van der Waals surface area contributed by atoms with Crippen LogP contribution in [0.4, 0.5) is 10.1 Å². The maximum Gasteiger partial charge on any atom is 0.123 e. The first-order valence-electron chi connectivity index (χ1n) is 12.9. The van der Waals surface area contributed by atoms with Gasteiger partial charge >= 0.3 is 0 Å². The molecular weight excluding hydrogens is 497 g/mol. The zero-order valence-corrected chi connectivity index (χ0v) is 21.9. The van der Waals surface area contributed by atoms with E-state index >= 15 is 0 Å². The number of rotatable bonds is 4. The molecule has 0 atom stereocenters. The van der Waals surface area contributed by atoms with Gasteiger partial charge in [0.1, 0.15) is 5.82 Å². The summed E-state index contributed by atoms with van der Waals surface area (Å²) >= 11 is 1.69. The maximum absolute atomic E-state index is 14.4. The molecule has 0 aliphatic rings. The number of halogens is 1. The first-order chi connectivity index (χ1) is 19.2. The minimum Gasteiger partial charge on any atom is -0.398 e. The van der Waals surface area contributed by atoms with Crippen molar-refractivity contribution in [2.75, 3.05) is 5.73 Å². The second-order valence-corrected chi connectivity index (χ2v) is 10.8. The summed E-state index contributed by atoms with van der Waals surface area (Å²) in [5, 5.41) is 6.45. The van der Waals surface area contributed by atoms with Crippen LogP contribution in [0.2, 0.25) is 0 Å². The lowest BCUT2D eigenvalue weighted by Gasteiger charge is -2.17. The van der Waals surface area contributed by atoms with Crippen LogP contribution in [0.1, 0.15) is 0 Å². The predicted octanol–water partition coefficient (Wildman–Crippen LogP) is 10.4. The number of fused-ring (bicyclic) bond motifs is 6. The van der Waals surface area contributed by atoms with Crippen molar-refractivity contribution in [1.82, 2.24) is 0 Å². The fourth-order valence-electron chi connectivity index (χ4n) is 5.55. The third-order valence-corrected chi connectivity index (χ3v) is 8.50. The zero-order chi connectivity index (χ0) is 26.3. The Bertz CT molecular complexity index is 2010. The molecule has 7 aromatic rings. The molecule has 39 heavy (non-hydrogen) atoms. The van der Waals surface area contributed by atoms with Crippen LogP contribution in [0.15, 0.2) is 143 Å². The highest BCUT2D eigenvalue weighted by molar-refractivity contribution is 7.99. The van der Waals surface area contributed by atoms with E-state index in [0.717, 1.165) is 70.0 Å². The van der Waals surface area contributed by atoms with Crippen LogP contribution < -0.4 is 5.73 Å². The van der Waals surface area contributed by atoms with Crippen molar-refractivity contribution in [3.05, 3.63) is 139 Å². The highest BCUT2D eigenvalue weighted by Gasteiger charge is 2.16. The molecule has 1 nitrogen and oxygen atoms in total. The third-order valence-electron chi connectivity index (χ3n) is 7.34. The number of anilines is 1. The highest BCUT2D eigenvalue weighted by atomic mass is 32.2. The average molecular weight is 522 g/mol. The van der Waals surface area contributed by atoms with Gasteiger partial charge in [-0.1, -0.05) is 109 Å². The van der Waals surface area contributed by atoms with Gasteiger partial charge in [-0.2, -0.15) is 0 Å². The topological polar surface area (TPSA) is 26.0 Å². The lowest BCUT2D eigenvalue weighted by Crippen LogP contribution is -1.93. The quantitative estimate of drug-likeness (QED) is 0.184. The van der Waals surface area contributed by atoms with Crippen molar-refractivity contribution < 1.29 is 4.39 Å². The lowest BCUT2D eigenvalue weighted by molar-refractivity contribution is 0.630. The number of benzene rings is 7. The monoisotopic (exact) mass is 521 g/mol. The van der Waals surface area contributed by atoms with Gasteiger partial charge in [0.25, 0.3) is 0 Å². The molecule has 3 heteroatoms. The molecule has 0 saturated heterocycles. The normalized spacial score (nSPS) is 11.4. The van der Waals surface area contributed by atoms with E-state index in [4.69, 9.17) is 5.73 Å². The van der Waals surface area contributed by atoms with Crippen LogP contribution in [0, 0.1) is 5.82 Å². The van der Waals surface area contributed by atoms with Crippen LogP contribution in [0.3, 0.4) is 0 Å². The van der Waals surface area contributed by atoms with Crippen molar-refractivity contribution in [1.29, 1.82) is 0 Å². The van der Waals surface area contributed by atoms with Gasteiger partial charge in [-0.15, -0.1) is 0 Å². The molecule has 0 heterocycles. The Morgan fingerprint density at radius 2 is 1.05 bits per heavy atom. The van der Waals surface area contributed by atoms with Gasteiger partial charge < -0.3 is 5.73 Å². The van der Waals surface area contributed by atoms with Gasteiger partial charge in [0, 0.05) is 15.5 Å². The Morgan fingerprint density at radius 1 is 0.462 bits per heavy atom. The standard InChI is InChI=1S/C36H24FNS/c37-24-18-20-30-28-13-6-7-14-29(28)33-21-23(17-19-31(33)34(30)22-24)26-11-4-5-12-27(26)32-15-8-16-35(38)36(32)39-25-9-2-1-3-10-25/h1-22H,38H2. The van der Waals surface area contributed by atoms with Crippen LogP contribution in [0.5, 0.6) is 0 Å². The Labute approximate surface area is 230 Å². The van der Waals surface area contributed by atoms with Gasteiger partial charge in [0.15, 0.2) is 0 Å². The Morgan fingerprint density at radius 3 is 1.87 bits per heavy atom. The largest absolute Gasteiger partial charge is 0.398 e. The lowest BCUT2D eigenvalue weighted by atomic mass is 9.89. The Balaban J connectivity index is 1.46. The number of nitrogens with two attached hydrogens (primary N) is 1. The number of hydrogen-bond acceptors (Lipinski definition) is 2. The molecule has 0 fully saturated rings. The highest BCUT2D eigenvalue weighted by Crippen LogP contribution is 2.44. The van der Waals surface area contributed by atoms with E-state index in [1.165, 1.54) is 0 Å². The van der Waals surface area contributed by atoms with Gasteiger partial charge in [-0.3, -0.25) is 0 Å². The number of hydrogen-bond donors (Lipinski definition) is 1. The molecule has 0 aliphatic heterocycles. The molecule has 2 N–H and O–H groups in total. The van der Waals surface area contributed by atoms with Crippen molar-refractivity contribution in [3.8, 4) is 22.3 Å². The summed E-state index contributed by atoms with van der Waals surface area (Å²) in [6.07, 6.45) is 0. The van der Waals surface area contributed by atoms with Gasteiger partial charge in [-0.25, -0.2) is 4.39 Å². The molecule has 7 aromatic carbocycles. The molecule has 186 valence electrons. The zero-order valence-electron chi connectivity index (χ0n) is 21.1. The molecule has 0 unspecified atom stereocenters. The van der Waals surface area contributed by atoms with E-state index in [1.807, 2.05) is 42.5 Å². The average Bonchev–Trinajstić information content (AvgIpc) is 2.98. The summed E-state index contributed by atoms with van der Waals surface area (Å²) in [6, 6.07) is 44.9. The molecule has 0 amide bonds. The molecular formula is C36H24FNS. The van der Waals surface area contributed by atoms with Crippen molar-refractivity contribution in [2.45, 2.75) is 9.79 Å². The van der Waals surface area contributed by atoms with E-state index in [0.29, 0.717) is 0 Å². The summed E-state index contributed by atoms with van der Waals surface area (Å²) in [6.45, 7) is 0. The van der Waals surface area contributed by atoms with E-state index in [1.54, 1.807) is 23.9 Å². The van der Waals surface area contributed by atoms with Crippen LogP contribution in [-0.2, 0) is 0 Å². The van der Waals surface area contributed by atoms with Crippen LogP contribution in [-0.4, -0.2) is 0 Å². The van der Waals surface area contributed by atoms with E-state index in [-0.39, 0.29) is 5.82 Å². The molecule has 0 saturated carbocycles. The summed E-state index contributed by atoms with van der Waals surface area (Å²) in [5.41, 5.74) is 11.8. The summed E-state index contributed by atoms with van der Waals surface area (Å²) in [4.78, 5) is 2.19. The summed E-state index contributed by atoms with van der Waals surface area (Å²) in [7, 11) is 0. The predicted molar refractivity (Wildman–Crippen MR) is 165 cm³/mol. The minimum absolute atomic E-state index is 0.224. The molecule has 7 rings (SSSR count). The Hall–Kier alpha value is -4.60. The van der Waals surface area contributed by atoms with Crippen LogP contribution in [0.25, 0.3) is 54.6 Å².